The lowest BCUT2D eigenvalue weighted by atomic mass is 9.78. The molecule has 3 heteroatoms. The number of primary amides is 1. The van der Waals surface area contributed by atoms with E-state index in [0.29, 0.717) is 5.92 Å². The average Bonchev–Trinajstić information content (AvgIpc) is 2.18. The van der Waals surface area contributed by atoms with Crippen LogP contribution < -0.4 is 11.1 Å². The smallest absolute Gasteiger partial charge is 0.234 e. The van der Waals surface area contributed by atoms with E-state index in [-0.39, 0.29) is 11.9 Å². The van der Waals surface area contributed by atoms with Crippen LogP contribution in [0.5, 0.6) is 0 Å². The normalized spacial score (nSPS) is 28.7. The Labute approximate surface area is 92.8 Å². The predicted molar refractivity (Wildman–Crippen MR) is 62.4 cm³/mol. The minimum Gasteiger partial charge on any atom is -0.368 e. The predicted octanol–water partition coefficient (Wildman–Crippen LogP) is 1.67. The van der Waals surface area contributed by atoms with Crippen molar-refractivity contribution in [3.8, 4) is 0 Å². The summed E-state index contributed by atoms with van der Waals surface area (Å²) in [5.74, 6) is 1.02. The summed E-state index contributed by atoms with van der Waals surface area (Å²) in [6.07, 6.45) is 5.88. The lowest BCUT2D eigenvalue weighted by Gasteiger charge is -2.32. The van der Waals surface area contributed by atoms with Crippen LogP contribution in [0, 0.1) is 11.8 Å². The number of rotatable bonds is 5. The Kier molecular flexibility index (Phi) is 5.09. The highest BCUT2D eigenvalue weighted by molar-refractivity contribution is 5.80. The molecular weight excluding hydrogens is 188 g/mol. The summed E-state index contributed by atoms with van der Waals surface area (Å²) < 4.78 is 0. The summed E-state index contributed by atoms with van der Waals surface area (Å²) in [5, 5.41) is 3.28. The molecule has 0 spiro atoms. The van der Waals surface area contributed by atoms with Gasteiger partial charge in [0, 0.05) is 0 Å². The van der Waals surface area contributed by atoms with Crippen molar-refractivity contribution in [2.45, 2.75) is 52.0 Å². The maximum absolute atomic E-state index is 11.4. The quantitative estimate of drug-likeness (QED) is 0.728. The van der Waals surface area contributed by atoms with E-state index in [2.05, 4.69) is 19.2 Å². The zero-order chi connectivity index (χ0) is 11.3. The van der Waals surface area contributed by atoms with Gasteiger partial charge < -0.3 is 11.1 Å². The van der Waals surface area contributed by atoms with Crippen LogP contribution in [0.4, 0.5) is 0 Å². The molecule has 3 unspecified atom stereocenters. The van der Waals surface area contributed by atoms with E-state index in [1.807, 2.05) is 0 Å². The SMILES string of the molecule is CCCNC(C(N)=O)C1CCCC(C)C1. The Morgan fingerprint density at radius 3 is 2.80 bits per heavy atom. The van der Waals surface area contributed by atoms with E-state index in [1.54, 1.807) is 0 Å². The number of hydrogen-bond donors (Lipinski definition) is 2. The summed E-state index contributed by atoms with van der Waals surface area (Å²) in [5.41, 5.74) is 5.45. The van der Waals surface area contributed by atoms with Crippen molar-refractivity contribution in [3.63, 3.8) is 0 Å². The van der Waals surface area contributed by atoms with Crippen LogP contribution in [0.2, 0.25) is 0 Å². The molecule has 3 nitrogen and oxygen atoms in total. The first-order chi connectivity index (χ1) is 7.15. The third-order valence-electron chi connectivity index (χ3n) is 3.37. The molecule has 0 aromatic rings. The first kappa shape index (κ1) is 12.5. The molecule has 0 aromatic heterocycles. The van der Waals surface area contributed by atoms with E-state index in [9.17, 15) is 4.79 Å². The average molecular weight is 212 g/mol. The lowest BCUT2D eigenvalue weighted by molar-refractivity contribution is -0.121. The number of carbonyl (C=O) groups is 1. The molecule has 1 rings (SSSR count). The molecule has 0 aromatic carbocycles. The Balaban J connectivity index is 2.50. The second-order valence-corrected chi connectivity index (χ2v) is 4.87. The fourth-order valence-electron chi connectivity index (χ4n) is 2.58. The van der Waals surface area contributed by atoms with Crippen molar-refractivity contribution in [2.75, 3.05) is 6.54 Å². The third kappa shape index (κ3) is 3.82. The molecule has 1 saturated carbocycles. The number of amides is 1. The third-order valence-corrected chi connectivity index (χ3v) is 3.37. The van der Waals surface area contributed by atoms with Crippen molar-refractivity contribution in [1.82, 2.24) is 5.32 Å². The summed E-state index contributed by atoms with van der Waals surface area (Å²) >= 11 is 0. The van der Waals surface area contributed by atoms with E-state index in [1.165, 1.54) is 12.8 Å². The molecule has 1 aliphatic carbocycles. The zero-order valence-electron chi connectivity index (χ0n) is 9.96. The Morgan fingerprint density at radius 1 is 1.53 bits per heavy atom. The molecule has 1 fully saturated rings. The van der Waals surface area contributed by atoms with Gasteiger partial charge in [0.05, 0.1) is 6.04 Å². The fraction of sp³-hybridized carbons (Fsp3) is 0.917. The molecular formula is C12H24N2O. The van der Waals surface area contributed by atoms with Crippen molar-refractivity contribution in [1.29, 1.82) is 0 Å². The maximum atomic E-state index is 11.4. The molecule has 0 heterocycles. The van der Waals surface area contributed by atoms with Gasteiger partial charge in [-0.1, -0.05) is 26.7 Å². The highest BCUT2D eigenvalue weighted by atomic mass is 16.1. The summed E-state index contributed by atoms with van der Waals surface area (Å²) in [6, 6.07) is -0.104. The topological polar surface area (TPSA) is 55.1 Å². The van der Waals surface area contributed by atoms with Crippen LogP contribution in [-0.4, -0.2) is 18.5 Å². The summed E-state index contributed by atoms with van der Waals surface area (Å²) in [7, 11) is 0. The van der Waals surface area contributed by atoms with E-state index in [0.717, 1.165) is 31.7 Å². The van der Waals surface area contributed by atoms with Crippen LogP contribution in [0.25, 0.3) is 0 Å². The van der Waals surface area contributed by atoms with Crippen molar-refractivity contribution in [3.05, 3.63) is 0 Å². The molecule has 0 saturated heterocycles. The maximum Gasteiger partial charge on any atom is 0.234 e. The van der Waals surface area contributed by atoms with E-state index < -0.39 is 0 Å². The Bertz CT molecular complexity index is 206. The van der Waals surface area contributed by atoms with Gasteiger partial charge in [0.25, 0.3) is 0 Å². The number of nitrogens with one attached hydrogen (secondary N) is 1. The van der Waals surface area contributed by atoms with Gasteiger partial charge in [-0.05, 0) is 37.6 Å². The molecule has 0 bridgehead atoms. The number of nitrogens with two attached hydrogens (primary N) is 1. The van der Waals surface area contributed by atoms with Crippen LogP contribution in [0.3, 0.4) is 0 Å². The van der Waals surface area contributed by atoms with Gasteiger partial charge >= 0.3 is 0 Å². The van der Waals surface area contributed by atoms with Gasteiger partial charge in [0.1, 0.15) is 0 Å². The largest absolute Gasteiger partial charge is 0.368 e. The van der Waals surface area contributed by atoms with Crippen molar-refractivity contribution in [2.24, 2.45) is 17.6 Å². The molecule has 15 heavy (non-hydrogen) atoms. The first-order valence-electron chi connectivity index (χ1n) is 6.17. The molecule has 88 valence electrons. The molecule has 3 N–H and O–H groups in total. The van der Waals surface area contributed by atoms with Gasteiger partial charge in [-0.15, -0.1) is 0 Å². The fourth-order valence-corrected chi connectivity index (χ4v) is 2.58. The number of carbonyl (C=O) groups excluding carboxylic acids is 1. The highest BCUT2D eigenvalue weighted by Gasteiger charge is 2.29. The van der Waals surface area contributed by atoms with Crippen LogP contribution >= 0.6 is 0 Å². The molecule has 0 radical (unpaired) electrons. The van der Waals surface area contributed by atoms with Crippen molar-refractivity contribution < 1.29 is 4.79 Å². The van der Waals surface area contributed by atoms with Crippen LogP contribution in [-0.2, 0) is 4.79 Å². The molecule has 1 aliphatic rings. The van der Waals surface area contributed by atoms with Gasteiger partial charge in [0.2, 0.25) is 5.91 Å². The van der Waals surface area contributed by atoms with Gasteiger partial charge in [-0.2, -0.15) is 0 Å². The summed E-state index contributed by atoms with van der Waals surface area (Å²) in [4.78, 5) is 11.4. The van der Waals surface area contributed by atoms with Gasteiger partial charge in [-0.3, -0.25) is 4.79 Å². The van der Waals surface area contributed by atoms with Crippen molar-refractivity contribution >= 4 is 5.91 Å². The van der Waals surface area contributed by atoms with Gasteiger partial charge in [-0.25, -0.2) is 0 Å². The molecule has 0 aliphatic heterocycles. The van der Waals surface area contributed by atoms with Crippen LogP contribution in [0.1, 0.15) is 46.0 Å². The van der Waals surface area contributed by atoms with Crippen LogP contribution in [0.15, 0.2) is 0 Å². The first-order valence-corrected chi connectivity index (χ1v) is 6.17. The molecule has 1 amide bonds. The Morgan fingerprint density at radius 2 is 2.27 bits per heavy atom. The number of hydrogen-bond acceptors (Lipinski definition) is 2. The lowest BCUT2D eigenvalue weighted by Crippen LogP contribution is -2.48. The van der Waals surface area contributed by atoms with E-state index >= 15 is 0 Å². The second kappa shape index (κ2) is 6.11. The zero-order valence-corrected chi connectivity index (χ0v) is 9.96. The standard InChI is InChI=1S/C12H24N2O/c1-3-7-14-11(12(13)15)10-6-4-5-9(2)8-10/h9-11,14H,3-8H2,1-2H3,(H2,13,15). The summed E-state index contributed by atoms with van der Waals surface area (Å²) in [6.45, 7) is 5.26. The minimum atomic E-state index is -0.178. The Hall–Kier alpha value is -0.570. The van der Waals surface area contributed by atoms with Gasteiger partial charge in [0.15, 0.2) is 0 Å². The second-order valence-electron chi connectivity index (χ2n) is 4.87. The monoisotopic (exact) mass is 212 g/mol. The minimum absolute atomic E-state index is 0.104. The molecule has 3 atom stereocenters. The van der Waals surface area contributed by atoms with E-state index in [4.69, 9.17) is 5.73 Å². The highest BCUT2D eigenvalue weighted by Crippen LogP contribution is 2.30.